The maximum absolute atomic E-state index is 12.1. The summed E-state index contributed by atoms with van der Waals surface area (Å²) in [6.45, 7) is 4.07. The van der Waals surface area contributed by atoms with Crippen molar-refractivity contribution in [3.63, 3.8) is 0 Å². The van der Waals surface area contributed by atoms with Crippen LogP contribution < -0.4 is 5.32 Å². The maximum Gasteiger partial charge on any atom is 0.222 e. The van der Waals surface area contributed by atoms with Crippen molar-refractivity contribution in [2.75, 3.05) is 20.1 Å². The summed E-state index contributed by atoms with van der Waals surface area (Å²) in [6, 6.07) is 8.97. The average Bonchev–Trinajstić information content (AvgIpc) is 2.94. The summed E-state index contributed by atoms with van der Waals surface area (Å²) in [5.41, 5.74) is 2.61. The molecule has 19 heavy (non-hydrogen) atoms. The van der Waals surface area contributed by atoms with Gasteiger partial charge in [-0.3, -0.25) is 4.79 Å². The first-order valence-corrected chi connectivity index (χ1v) is 7.19. The van der Waals surface area contributed by atoms with Crippen LogP contribution in [0, 0.1) is 6.92 Å². The van der Waals surface area contributed by atoms with Crippen molar-refractivity contribution in [3.8, 4) is 0 Å². The highest BCUT2D eigenvalue weighted by Gasteiger charge is 2.22. The number of hydrogen-bond donors (Lipinski definition) is 1. The zero-order valence-electron chi connectivity index (χ0n) is 12.0. The lowest BCUT2D eigenvalue weighted by Gasteiger charge is -2.23. The number of carbonyl (C=O) groups is 1. The van der Waals surface area contributed by atoms with Crippen molar-refractivity contribution in [3.05, 3.63) is 35.4 Å². The van der Waals surface area contributed by atoms with Gasteiger partial charge in [-0.1, -0.05) is 29.8 Å². The summed E-state index contributed by atoms with van der Waals surface area (Å²) in [7, 11) is 1.94. The molecule has 1 heterocycles. The van der Waals surface area contributed by atoms with E-state index in [1.165, 1.54) is 11.1 Å². The number of likely N-dealkylation sites (N-methyl/N-ethyl adjacent to an activating group) is 1. The van der Waals surface area contributed by atoms with Crippen molar-refractivity contribution in [1.29, 1.82) is 0 Å². The molecule has 0 aromatic heterocycles. The molecule has 0 bridgehead atoms. The first-order valence-electron chi connectivity index (χ1n) is 7.19. The summed E-state index contributed by atoms with van der Waals surface area (Å²) >= 11 is 0. The van der Waals surface area contributed by atoms with Crippen molar-refractivity contribution >= 4 is 5.91 Å². The molecule has 1 aromatic carbocycles. The normalized spacial score (nSPS) is 18.5. The standard InChI is InChI=1S/C16H24N2O/c1-13-6-8-14(9-7-13)4-3-5-16(19)18(2)15-10-11-17-12-15/h6-9,15,17H,3-5,10-12H2,1-2H3. The fraction of sp³-hybridized carbons (Fsp3) is 0.562. The minimum atomic E-state index is 0.279. The Morgan fingerprint density at radius 3 is 2.74 bits per heavy atom. The van der Waals surface area contributed by atoms with Gasteiger partial charge < -0.3 is 10.2 Å². The first-order chi connectivity index (χ1) is 9.16. The second-order valence-electron chi connectivity index (χ2n) is 5.49. The van der Waals surface area contributed by atoms with Crippen LogP contribution in [0.3, 0.4) is 0 Å². The summed E-state index contributed by atoms with van der Waals surface area (Å²) in [6.07, 6.45) is 3.66. The fourth-order valence-corrected chi connectivity index (χ4v) is 2.55. The molecule has 1 unspecified atom stereocenters. The van der Waals surface area contributed by atoms with Gasteiger partial charge >= 0.3 is 0 Å². The third kappa shape index (κ3) is 4.06. The van der Waals surface area contributed by atoms with Crippen LogP contribution in [0.1, 0.15) is 30.4 Å². The molecule has 3 heteroatoms. The Bertz CT molecular complexity index is 407. The molecule has 1 aromatic rings. The molecule has 1 amide bonds. The lowest BCUT2D eigenvalue weighted by atomic mass is 10.1. The molecule has 2 rings (SSSR count). The Kier molecular flexibility index (Phi) is 4.97. The van der Waals surface area contributed by atoms with Gasteiger partial charge in [-0.15, -0.1) is 0 Å². The van der Waals surface area contributed by atoms with E-state index in [1.54, 1.807) is 0 Å². The molecule has 1 atom stereocenters. The molecule has 104 valence electrons. The minimum absolute atomic E-state index is 0.279. The van der Waals surface area contributed by atoms with E-state index < -0.39 is 0 Å². The third-order valence-electron chi connectivity index (χ3n) is 3.95. The van der Waals surface area contributed by atoms with E-state index in [0.717, 1.165) is 32.4 Å². The zero-order valence-corrected chi connectivity index (χ0v) is 12.0. The molecule has 0 spiro atoms. The van der Waals surface area contributed by atoms with E-state index in [9.17, 15) is 4.79 Å². The number of nitrogens with one attached hydrogen (secondary N) is 1. The topological polar surface area (TPSA) is 32.3 Å². The van der Waals surface area contributed by atoms with Crippen LogP contribution in [-0.2, 0) is 11.2 Å². The van der Waals surface area contributed by atoms with Gasteiger partial charge in [0.05, 0.1) is 0 Å². The van der Waals surface area contributed by atoms with E-state index in [2.05, 4.69) is 36.5 Å². The number of benzene rings is 1. The Balaban J connectivity index is 1.72. The average molecular weight is 260 g/mol. The monoisotopic (exact) mass is 260 g/mol. The molecule has 1 fully saturated rings. The number of hydrogen-bond acceptors (Lipinski definition) is 2. The molecule has 0 saturated carbocycles. The highest BCUT2D eigenvalue weighted by atomic mass is 16.2. The smallest absolute Gasteiger partial charge is 0.222 e. The second-order valence-corrected chi connectivity index (χ2v) is 5.49. The van der Waals surface area contributed by atoms with Crippen LogP contribution in [-0.4, -0.2) is 37.0 Å². The Morgan fingerprint density at radius 2 is 2.11 bits per heavy atom. The predicted molar refractivity (Wildman–Crippen MR) is 78.2 cm³/mol. The highest BCUT2D eigenvalue weighted by molar-refractivity contribution is 5.76. The molecule has 1 aliphatic heterocycles. The maximum atomic E-state index is 12.1. The molecule has 1 aliphatic rings. The number of carbonyl (C=O) groups excluding carboxylic acids is 1. The second kappa shape index (κ2) is 6.71. The largest absolute Gasteiger partial charge is 0.341 e. The van der Waals surface area contributed by atoms with Gasteiger partial charge in [-0.2, -0.15) is 0 Å². The Labute approximate surface area is 116 Å². The van der Waals surface area contributed by atoms with Gasteiger partial charge in [0.2, 0.25) is 5.91 Å². The zero-order chi connectivity index (χ0) is 13.7. The van der Waals surface area contributed by atoms with Crippen molar-refractivity contribution < 1.29 is 4.79 Å². The van der Waals surface area contributed by atoms with Gasteiger partial charge in [0.1, 0.15) is 0 Å². The van der Waals surface area contributed by atoms with Crippen molar-refractivity contribution in [2.45, 2.75) is 38.6 Å². The number of nitrogens with zero attached hydrogens (tertiary/aromatic N) is 1. The lowest BCUT2D eigenvalue weighted by Crippen LogP contribution is -2.38. The molecule has 1 N–H and O–H groups in total. The quantitative estimate of drug-likeness (QED) is 0.879. The summed E-state index contributed by atoms with van der Waals surface area (Å²) in [5.74, 6) is 0.279. The summed E-state index contributed by atoms with van der Waals surface area (Å²) < 4.78 is 0. The third-order valence-corrected chi connectivity index (χ3v) is 3.95. The van der Waals surface area contributed by atoms with Crippen LogP contribution in [0.5, 0.6) is 0 Å². The molecule has 1 saturated heterocycles. The number of amides is 1. The van der Waals surface area contributed by atoms with Gasteiger partial charge in [-0.25, -0.2) is 0 Å². The molecule has 0 aliphatic carbocycles. The minimum Gasteiger partial charge on any atom is -0.341 e. The van der Waals surface area contributed by atoms with Crippen LogP contribution in [0.2, 0.25) is 0 Å². The Morgan fingerprint density at radius 1 is 1.37 bits per heavy atom. The van der Waals surface area contributed by atoms with Crippen molar-refractivity contribution in [2.24, 2.45) is 0 Å². The van der Waals surface area contributed by atoms with Gasteiger partial charge in [0, 0.05) is 26.1 Å². The van der Waals surface area contributed by atoms with Crippen LogP contribution >= 0.6 is 0 Å². The molecular weight excluding hydrogens is 236 g/mol. The number of rotatable bonds is 5. The molecule has 0 radical (unpaired) electrons. The van der Waals surface area contributed by atoms with E-state index >= 15 is 0 Å². The Hall–Kier alpha value is -1.35. The van der Waals surface area contributed by atoms with E-state index in [-0.39, 0.29) is 5.91 Å². The van der Waals surface area contributed by atoms with E-state index in [4.69, 9.17) is 0 Å². The first kappa shape index (κ1) is 14.1. The van der Waals surface area contributed by atoms with Crippen molar-refractivity contribution in [1.82, 2.24) is 10.2 Å². The van der Waals surface area contributed by atoms with E-state index in [1.807, 2.05) is 11.9 Å². The van der Waals surface area contributed by atoms with Gasteiger partial charge in [0.25, 0.3) is 0 Å². The highest BCUT2D eigenvalue weighted by Crippen LogP contribution is 2.11. The summed E-state index contributed by atoms with van der Waals surface area (Å²) in [4.78, 5) is 14.0. The van der Waals surface area contributed by atoms with Crippen LogP contribution in [0.25, 0.3) is 0 Å². The lowest BCUT2D eigenvalue weighted by molar-refractivity contribution is -0.131. The summed E-state index contributed by atoms with van der Waals surface area (Å²) in [5, 5.41) is 3.30. The van der Waals surface area contributed by atoms with Crippen LogP contribution in [0.15, 0.2) is 24.3 Å². The number of aryl methyl sites for hydroxylation is 2. The molecule has 3 nitrogen and oxygen atoms in total. The van der Waals surface area contributed by atoms with Gasteiger partial charge in [0.15, 0.2) is 0 Å². The fourth-order valence-electron chi connectivity index (χ4n) is 2.55. The van der Waals surface area contributed by atoms with Crippen LogP contribution in [0.4, 0.5) is 0 Å². The predicted octanol–water partition coefficient (Wildman–Crippen LogP) is 2.14. The van der Waals surface area contributed by atoms with Gasteiger partial charge in [-0.05, 0) is 38.3 Å². The SMILES string of the molecule is Cc1ccc(CCCC(=O)N(C)C2CCNC2)cc1. The molecular formula is C16H24N2O. The van der Waals surface area contributed by atoms with E-state index in [0.29, 0.717) is 12.5 Å².